The van der Waals surface area contributed by atoms with Gasteiger partial charge in [0.15, 0.2) is 0 Å². The van der Waals surface area contributed by atoms with E-state index in [0.29, 0.717) is 6.42 Å². The molecule has 68 valence electrons. The fourth-order valence-corrected chi connectivity index (χ4v) is 0.994. The van der Waals surface area contributed by atoms with Crippen molar-refractivity contribution in [1.29, 1.82) is 0 Å². The molecule has 0 aromatic rings. The Hall–Kier alpha value is -0.170. The fourth-order valence-electron chi connectivity index (χ4n) is 0.591. The number of nitrogens with one attached hydrogen (secondary N) is 2. The van der Waals surface area contributed by atoms with Crippen molar-refractivity contribution in [2.45, 2.75) is 13.3 Å². The van der Waals surface area contributed by atoms with Crippen molar-refractivity contribution in [1.82, 2.24) is 10.0 Å². The fraction of sp³-hybridized carbons (Fsp3) is 1.00. The van der Waals surface area contributed by atoms with Gasteiger partial charge in [0.25, 0.3) is 0 Å². The van der Waals surface area contributed by atoms with Crippen LogP contribution in [0.25, 0.3) is 0 Å². The van der Waals surface area contributed by atoms with Crippen LogP contribution in [0, 0.1) is 0 Å². The molecule has 0 saturated carbocycles. The van der Waals surface area contributed by atoms with Gasteiger partial charge < -0.3 is 5.32 Å². The largest absolute Gasteiger partial charge is 0.333 e. The Balaban J connectivity index is 3.16. The molecule has 0 aromatic carbocycles. The summed E-state index contributed by atoms with van der Waals surface area (Å²) in [6.07, 6.45) is 0.674. The van der Waals surface area contributed by atoms with Gasteiger partial charge in [0, 0.05) is 6.54 Å². The number of hydrogen-bond donors (Lipinski definition) is 3. The van der Waals surface area contributed by atoms with Crippen LogP contribution < -0.4 is 10.0 Å². The molecule has 5 nitrogen and oxygen atoms in total. The molecule has 0 aliphatic carbocycles. The van der Waals surface area contributed by atoms with E-state index in [1.165, 1.54) is 0 Å². The third-order valence-corrected chi connectivity index (χ3v) is 1.63. The van der Waals surface area contributed by atoms with E-state index < -0.39 is 10.3 Å². The Kier molecular flexibility index (Phi) is 5.39. The molecule has 0 fully saturated rings. The third-order valence-electron chi connectivity index (χ3n) is 1.06. The quantitative estimate of drug-likeness (QED) is 0.378. The lowest BCUT2D eigenvalue weighted by Gasteiger charge is -2.00. The van der Waals surface area contributed by atoms with E-state index in [2.05, 4.69) is 5.32 Å². The van der Waals surface area contributed by atoms with Gasteiger partial charge in [-0.25, -0.2) is 0 Å². The SMILES string of the molecule is CCNCCCNS(=O)(=O)O. The summed E-state index contributed by atoms with van der Waals surface area (Å²) < 4.78 is 30.4. The van der Waals surface area contributed by atoms with Gasteiger partial charge in [-0.3, -0.25) is 4.55 Å². The van der Waals surface area contributed by atoms with E-state index in [0.717, 1.165) is 13.1 Å². The van der Waals surface area contributed by atoms with E-state index in [1.54, 1.807) is 0 Å². The highest BCUT2D eigenvalue weighted by atomic mass is 32.2. The predicted molar refractivity (Wildman–Crippen MR) is 42.7 cm³/mol. The van der Waals surface area contributed by atoms with Gasteiger partial charge in [-0.05, 0) is 19.5 Å². The predicted octanol–water partition coefficient (Wildman–Crippen LogP) is -0.622. The Morgan fingerprint density at radius 1 is 1.36 bits per heavy atom. The molecule has 3 N–H and O–H groups in total. The van der Waals surface area contributed by atoms with E-state index in [-0.39, 0.29) is 6.54 Å². The van der Waals surface area contributed by atoms with Gasteiger partial charge in [0.1, 0.15) is 0 Å². The topological polar surface area (TPSA) is 78.4 Å². The van der Waals surface area contributed by atoms with Crippen molar-refractivity contribution in [2.75, 3.05) is 19.6 Å². The van der Waals surface area contributed by atoms with Crippen molar-refractivity contribution in [3.8, 4) is 0 Å². The van der Waals surface area contributed by atoms with E-state index in [9.17, 15) is 8.42 Å². The van der Waals surface area contributed by atoms with Crippen LogP contribution in [0.5, 0.6) is 0 Å². The maximum Gasteiger partial charge on any atom is 0.333 e. The van der Waals surface area contributed by atoms with Crippen LogP contribution in [0.2, 0.25) is 0 Å². The summed E-state index contributed by atoms with van der Waals surface area (Å²) in [7, 11) is -3.99. The second kappa shape index (κ2) is 5.48. The maximum absolute atomic E-state index is 10.1. The molecule has 0 aromatic heterocycles. The van der Waals surface area contributed by atoms with Gasteiger partial charge in [0.05, 0.1) is 0 Å². The molecule has 0 radical (unpaired) electrons. The lowest BCUT2D eigenvalue weighted by Crippen LogP contribution is -2.26. The summed E-state index contributed by atoms with van der Waals surface area (Å²) in [5.74, 6) is 0. The van der Waals surface area contributed by atoms with Gasteiger partial charge in [-0.2, -0.15) is 13.1 Å². The van der Waals surface area contributed by atoms with Crippen LogP contribution in [-0.4, -0.2) is 32.6 Å². The number of rotatable bonds is 6. The van der Waals surface area contributed by atoms with Gasteiger partial charge >= 0.3 is 10.3 Å². The van der Waals surface area contributed by atoms with Crippen molar-refractivity contribution in [3.63, 3.8) is 0 Å². The summed E-state index contributed by atoms with van der Waals surface area (Å²) in [4.78, 5) is 0. The summed E-state index contributed by atoms with van der Waals surface area (Å²) in [6, 6.07) is 0. The monoisotopic (exact) mass is 182 g/mol. The van der Waals surface area contributed by atoms with Gasteiger partial charge in [-0.1, -0.05) is 6.92 Å². The zero-order valence-corrected chi connectivity index (χ0v) is 7.32. The van der Waals surface area contributed by atoms with Gasteiger partial charge in [0.2, 0.25) is 0 Å². The Labute approximate surface area is 67.1 Å². The molecule has 6 heteroatoms. The summed E-state index contributed by atoms with van der Waals surface area (Å²) in [5, 5.41) is 3.02. The first-order valence-corrected chi connectivity index (χ1v) is 4.93. The van der Waals surface area contributed by atoms with Crippen LogP contribution in [0.3, 0.4) is 0 Å². The van der Waals surface area contributed by atoms with Crippen LogP contribution in [0.1, 0.15) is 13.3 Å². The van der Waals surface area contributed by atoms with Crippen LogP contribution in [0.4, 0.5) is 0 Å². The highest BCUT2D eigenvalue weighted by molar-refractivity contribution is 7.83. The molecular weight excluding hydrogens is 168 g/mol. The minimum Gasteiger partial charge on any atom is -0.317 e. The normalized spacial score (nSPS) is 11.8. The maximum atomic E-state index is 10.1. The van der Waals surface area contributed by atoms with E-state index >= 15 is 0 Å². The average Bonchev–Trinajstić information content (AvgIpc) is 1.85. The van der Waals surface area contributed by atoms with Crippen LogP contribution >= 0.6 is 0 Å². The lowest BCUT2D eigenvalue weighted by molar-refractivity contribution is 0.466. The molecule has 0 unspecified atom stereocenters. The Morgan fingerprint density at radius 3 is 2.45 bits per heavy atom. The minimum absolute atomic E-state index is 0.270. The smallest absolute Gasteiger partial charge is 0.317 e. The van der Waals surface area contributed by atoms with Crippen molar-refractivity contribution >= 4 is 10.3 Å². The third kappa shape index (κ3) is 9.83. The first-order valence-electron chi connectivity index (χ1n) is 3.49. The first kappa shape index (κ1) is 10.8. The molecular formula is C5H14N2O3S. The van der Waals surface area contributed by atoms with Crippen molar-refractivity contribution < 1.29 is 13.0 Å². The molecule has 0 aliphatic rings. The molecule has 11 heavy (non-hydrogen) atoms. The minimum atomic E-state index is -3.99. The Morgan fingerprint density at radius 2 is 2.00 bits per heavy atom. The summed E-state index contributed by atoms with van der Waals surface area (Å²) in [5.41, 5.74) is 0. The molecule has 0 aliphatic heterocycles. The van der Waals surface area contributed by atoms with E-state index in [1.807, 2.05) is 11.6 Å². The van der Waals surface area contributed by atoms with Crippen molar-refractivity contribution in [2.24, 2.45) is 0 Å². The molecule has 0 saturated heterocycles. The highest BCUT2D eigenvalue weighted by Crippen LogP contribution is 1.76. The average molecular weight is 182 g/mol. The lowest BCUT2D eigenvalue weighted by atomic mass is 10.4. The molecule has 0 bridgehead atoms. The summed E-state index contributed by atoms with van der Waals surface area (Å²) in [6.45, 7) is 3.85. The number of hydrogen-bond acceptors (Lipinski definition) is 3. The Bertz CT molecular complexity index is 178. The zero-order chi connectivity index (χ0) is 8.74. The zero-order valence-electron chi connectivity index (χ0n) is 6.50. The van der Waals surface area contributed by atoms with Crippen LogP contribution in [0.15, 0.2) is 0 Å². The van der Waals surface area contributed by atoms with Crippen molar-refractivity contribution in [3.05, 3.63) is 0 Å². The second-order valence-corrected chi connectivity index (χ2v) is 3.32. The molecule has 0 rings (SSSR count). The molecule has 0 heterocycles. The highest BCUT2D eigenvalue weighted by Gasteiger charge is 1.99. The molecule has 0 atom stereocenters. The summed E-state index contributed by atoms with van der Waals surface area (Å²) >= 11 is 0. The molecule has 0 spiro atoms. The first-order chi connectivity index (χ1) is 5.06. The van der Waals surface area contributed by atoms with Crippen LogP contribution in [-0.2, 0) is 10.3 Å². The molecule has 0 amide bonds. The second-order valence-electron chi connectivity index (χ2n) is 2.08. The standard InChI is InChI=1S/C5H14N2O3S/c1-2-6-4-3-5-7-11(8,9)10/h6-7H,2-5H2,1H3,(H,8,9,10). The van der Waals surface area contributed by atoms with Gasteiger partial charge in [-0.15, -0.1) is 0 Å². The van der Waals surface area contributed by atoms with E-state index in [4.69, 9.17) is 4.55 Å².